The topological polar surface area (TPSA) is 45.2 Å². The molecule has 4 heteroatoms. The molecule has 0 saturated carbocycles. The van der Waals surface area contributed by atoms with E-state index in [-0.39, 0.29) is 11.9 Å². The number of pyridine rings is 1. The predicted octanol–water partition coefficient (Wildman–Crippen LogP) is 2.92. The summed E-state index contributed by atoms with van der Waals surface area (Å²) in [6, 6.07) is 4.09. The van der Waals surface area contributed by atoms with Crippen molar-refractivity contribution in [2.24, 2.45) is 0 Å². The number of hydrogen-bond acceptors (Lipinski definition) is 3. The van der Waals surface area contributed by atoms with Crippen LogP contribution in [-0.4, -0.2) is 35.4 Å². The maximum atomic E-state index is 12.2. The Labute approximate surface area is 127 Å². The lowest BCUT2D eigenvalue weighted by Crippen LogP contribution is -2.32. The Morgan fingerprint density at radius 3 is 2.90 bits per heavy atom. The van der Waals surface area contributed by atoms with Gasteiger partial charge < -0.3 is 10.2 Å². The number of amides is 1. The van der Waals surface area contributed by atoms with Gasteiger partial charge in [-0.15, -0.1) is 0 Å². The molecule has 2 rings (SSSR count). The van der Waals surface area contributed by atoms with Crippen LogP contribution in [0.15, 0.2) is 24.5 Å². The lowest BCUT2D eigenvalue weighted by Gasteiger charge is -2.20. The van der Waals surface area contributed by atoms with Gasteiger partial charge in [-0.25, -0.2) is 0 Å². The Morgan fingerprint density at radius 1 is 1.43 bits per heavy atom. The zero-order valence-corrected chi connectivity index (χ0v) is 13.1. The first kappa shape index (κ1) is 16.0. The van der Waals surface area contributed by atoms with Gasteiger partial charge in [0.1, 0.15) is 0 Å². The summed E-state index contributed by atoms with van der Waals surface area (Å²) in [6.45, 7) is 5.36. The molecule has 1 saturated heterocycles. The van der Waals surface area contributed by atoms with Crippen LogP contribution in [0.4, 0.5) is 0 Å². The summed E-state index contributed by atoms with van der Waals surface area (Å²) in [7, 11) is 0. The van der Waals surface area contributed by atoms with E-state index in [1.54, 1.807) is 6.20 Å². The van der Waals surface area contributed by atoms with Crippen molar-refractivity contribution >= 4 is 5.91 Å². The summed E-state index contributed by atoms with van der Waals surface area (Å²) < 4.78 is 0. The zero-order chi connectivity index (χ0) is 14.9. The Bertz CT molecular complexity index is 415. The van der Waals surface area contributed by atoms with E-state index in [9.17, 15) is 4.79 Å². The van der Waals surface area contributed by atoms with Crippen molar-refractivity contribution in [3.05, 3.63) is 30.1 Å². The third-order valence-electron chi connectivity index (χ3n) is 4.12. The fraction of sp³-hybridized carbons (Fsp3) is 0.647. The Morgan fingerprint density at radius 2 is 2.24 bits per heavy atom. The molecule has 0 radical (unpaired) electrons. The third kappa shape index (κ3) is 5.46. The van der Waals surface area contributed by atoms with E-state index in [1.807, 2.05) is 18.3 Å². The van der Waals surface area contributed by atoms with Gasteiger partial charge in [-0.3, -0.25) is 9.78 Å². The summed E-state index contributed by atoms with van der Waals surface area (Å²) in [5.74, 6) is 0.159. The molecule has 1 N–H and O–H groups in total. The van der Waals surface area contributed by atoms with Crippen LogP contribution in [0.1, 0.15) is 57.1 Å². The molecule has 21 heavy (non-hydrogen) atoms. The monoisotopic (exact) mass is 289 g/mol. The highest BCUT2D eigenvalue weighted by Gasteiger charge is 2.16. The van der Waals surface area contributed by atoms with E-state index in [0.717, 1.165) is 44.5 Å². The molecule has 0 spiro atoms. The molecule has 0 bridgehead atoms. The van der Waals surface area contributed by atoms with Crippen LogP contribution < -0.4 is 5.32 Å². The van der Waals surface area contributed by atoms with Gasteiger partial charge in [-0.1, -0.05) is 25.8 Å². The van der Waals surface area contributed by atoms with E-state index >= 15 is 0 Å². The fourth-order valence-electron chi connectivity index (χ4n) is 2.84. The maximum Gasteiger partial charge on any atom is 0.221 e. The average Bonchev–Trinajstić information content (AvgIpc) is 3.03. The molecule has 1 aliphatic heterocycles. The predicted molar refractivity (Wildman–Crippen MR) is 84.9 cm³/mol. The van der Waals surface area contributed by atoms with Crippen LogP contribution in [0.2, 0.25) is 0 Å². The molecule has 1 unspecified atom stereocenters. The highest BCUT2D eigenvalue weighted by Crippen LogP contribution is 2.18. The number of carbonyl (C=O) groups excluding carboxylic acids is 1. The Hall–Kier alpha value is -1.42. The quantitative estimate of drug-likeness (QED) is 0.800. The molecule has 4 nitrogen and oxygen atoms in total. The summed E-state index contributed by atoms with van der Waals surface area (Å²) in [4.78, 5) is 18.7. The molecule has 2 heterocycles. The number of carbonyl (C=O) groups is 1. The number of unbranched alkanes of at least 4 members (excludes halogenated alkanes) is 1. The van der Waals surface area contributed by atoms with Crippen molar-refractivity contribution < 1.29 is 4.79 Å². The molecule has 1 aliphatic rings. The van der Waals surface area contributed by atoms with Crippen LogP contribution in [0, 0.1) is 0 Å². The molecule has 0 aliphatic carbocycles. The minimum Gasteiger partial charge on any atom is -0.349 e. The van der Waals surface area contributed by atoms with E-state index < -0.39 is 0 Å². The van der Waals surface area contributed by atoms with Crippen molar-refractivity contribution in [3.63, 3.8) is 0 Å². The lowest BCUT2D eigenvalue weighted by atomic mass is 10.0. The summed E-state index contributed by atoms with van der Waals surface area (Å²) >= 11 is 0. The van der Waals surface area contributed by atoms with Gasteiger partial charge in [-0.2, -0.15) is 0 Å². The van der Waals surface area contributed by atoms with Crippen molar-refractivity contribution in [2.75, 3.05) is 19.6 Å². The average molecular weight is 289 g/mol. The maximum absolute atomic E-state index is 12.2. The second kappa shape index (κ2) is 8.78. The first-order valence-electron chi connectivity index (χ1n) is 8.21. The molecule has 1 amide bonds. The van der Waals surface area contributed by atoms with Gasteiger partial charge in [-0.05, 0) is 44.0 Å². The van der Waals surface area contributed by atoms with Gasteiger partial charge in [0.15, 0.2) is 0 Å². The Balaban J connectivity index is 1.83. The van der Waals surface area contributed by atoms with E-state index in [1.165, 1.54) is 12.8 Å². The lowest BCUT2D eigenvalue weighted by molar-refractivity contribution is -0.122. The van der Waals surface area contributed by atoms with Crippen LogP contribution in [0.3, 0.4) is 0 Å². The summed E-state index contributed by atoms with van der Waals surface area (Å²) in [6.07, 6.45) is 10.0. The normalized spacial score (nSPS) is 16.8. The highest BCUT2D eigenvalue weighted by atomic mass is 16.1. The van der Waals surface area contributed by atoms with Crippen molar-refractivity contribution in [1.29, 1.82) is 0 Å². The van der Waals surface area contributed by atoms with E-state index in [0.29, 0.717) is 6.42 Å². The summed E-state index contributed by atoms with van der Waals surface area (Å²) in [5.41, 5.74) is 1.11. The number of likely N-dealkylation sites (tertiary alicyclic amines) is 1. The standard InChI is InChI=1S/C17H27N3O/c1-2-3-8-16(15-7-6-10-18-14-15)19-17(21)9-13-20-11-4-5-12-20/h6-7,10,14,16H,2-5,8-9,11-13H2,1H3,(H,19,21). The highest BCUT2D eigenvalue weighted by molar-refractivity contribution is 5.76. The summed E-state index contributed by atoms with van der Waals surface area (Å²) in [5, 5.41) is 3.19. The molecule has 0 aromatic carbocycles. The van der Waals surface area contributed by atoms with Crippen molar-refractivity contribution in [2.45, 2.75) is 51.5 Å². The van der Waals surface area contributed by atoms with Gasteiger partial charge in [0, 0.05) is 25.4 Å². The minimum atomic E-state index is 0.102. The second-order valence-corrected chi connectivity index (χ2v) is 5.85. The first-order valence-corrected chi connectivity index (χ1v) is 8.21. The van der Waals surface area contributed by atoms with Crippen LogP contribution in [0.5, 0.6) is 0 Å². The number of nitrogens with zero attached hydrogens (tertiary/aromatic N) is 2. The smallest absolute Gasteiger partial charge is 0.221 e. The third-order valence-corrected chi connectivity index (χ3v) is 4.12. The largest absolute Gasteiger partial charge is 0.349 e. The second-order valence-electron chi connectivity index (χ2n) is 5.85. The Kier molecular flexibility index (Phi) is 6.67. The molecule has 1 aromatic heterocycles. The minimum absolute atomic E-state index is 0.102. The molecule has 1 aromatic rings. The first-order chi connectivity index (χ1) is 10.3. The van der Waals surface area contributed by atoms with Gasteiger partial charge in [0.25, 0.3) is 0 Å². The van der Waals surface area contributed by atoms with Crippen LogP contribution in [-0.2, 0) is 4.79 Å². The SMILES string of the molecule is CCCCC(NC(=O)CCN1CCCC1)c1cccnc1. The number of nitrogens with one attached hydrogen (secondary N) is 1. The molecule has 1 fully saturated rings. The molecule has 116 valence electrons. The van der Waals surface area contributed by atoms with Crippen LogP contribution in [0.25, 0.3) is 0 Å². The number of aromatic nitrogens is 1. The van der Waals surface area contributed by atoms with Gasteiger partial charge in [0.2, 0.25) is 5.91 Å². The molecule has 1 atom stereocenters. The van der Waals surface area contributed by atoms with Crippen molar-refractivity contribution in [3.8, 4) is 0 Å². The molecular weight excluding hydrogens is 262 g/mol. The molecular formula is C17H27N3O. The van der Waals surface area contributed by atoms with Gasteiger partial charge >= 0.3 is 0 Å². The van der Waals surface area contributed by atoms with Crippen LogP contribution >= 0.6 is 0 Å². The van der Waals surface area contributed by atoms with Gasteiger partial charge in [0.05, 0.1) is 6.04 Å². The van der Waals surface area contributed by atoms with E-state index in [4.69, 9.17) is 0 Å². The number of rotatable bonds is 8. The fourth-order valence-corrected chi connectivity index (χ4v) is 2.84. The van der Waals surface area contributed by atoms with Crippen molar-refractivity contribution in [1.82, 2.24) is 15.2 Å². The number of hydrogen-bond donors (Lipinski definition) is 1. The van der Waals surface area contributed by atoms with E-state index in [2.05, 4.69) is 22.1 Å². The zero-order valence-electron chi connectivity index (χ0n) is 13.1.